The van der Waals surface area contributed by atoms with Crippen LogP contribution in [0.25, 0.3) is 0 Å². The van der Waals surface area contributed by atoms with E-state index in [9.17, 15) is 9.46 Å². The Morgan fingerprint density at radius 3 is 2.44 bits per heavy atom. The Balaban J connectivity index is 0.00000289. The van der Waals surface area contributed by atoms with Crippen molar-refractivity contribution in [3.05, 3.63) is 29.8 Å². The second-order valence-corrected chi connectivity index (χ2v) is 5.97. The van der Waals surface area contributed by atoms with Crippen molar-refractivity contribution in [2.45, 2.75) is 20.0 Å². The van der Waals surface area contributed by atoms with Gasteiger partial charge in [0.1, 0.15) is 7.60 Å². The van der Waals surface area contributed by atoms with Crippen molar-refractivity contribution in [2.24, 2.45) is 0 Å². The molecule has 94 valence electrons. The predicted octanol–water partition coefficient (Wildman–Crippen LogP) is -0.460. The first kappa shape index (κ1) is 18.3. The Labute approximate surface area is 135 Å². The van der Waals surface area contributed by atoms with Crippen LogP contribution >= 0.6 is 19.8 Å². The fraction of sp³-hybridized carbons (Fsp3) is 0.364. The van der Waals surface area contributed by atoms with E-state index in [0.29, 0.717) is 10.6 Å². The van der Waals surface area contributed by atoms with Crippen molar-refractivity contribution >= 4 is 30.5 Å². The Bertz CT molecular complexity index is 438. The molecule has 0 aliphatic carbocycles. The van der Waals surface area contributed by atoms with Crippen LogP contribution < -0.4 is 39.8 Å². The molecule has 0 bridgehead atoms. The smallest absolute Gasteiger partial charge is 0.778 e. The first-order valence-corrected chi connectivity index (χ1v) is 7.37. The van der Waals surface area contributed by atoms with Crippen molar-refractivity contribution in [2.75, 3.05) is 11.9 Å². The largest absolute Gasteiger partial charge is 1.00 e. The summed E-state index contributed by atoms with van der Waals surface area (Å²) in [5.41, 5.74) is 1.54. The summed E-state index contributed by atoms with van der Waals surface area (Å²) < 4.78 is 16.1. The normalized spacial score (nSPS) is 13.3. The molecular formula is C11H15NNaO3PS. The van der Waals surface area contributed by atoms with Crippen molar-refractivity contribution in [3.8, 4) is 0 Å². The average molecular weight is 295 g/mol. The van der Waals surface area contributed by atoms with E-state index in [4.69, 9.17) is 16.7 Å². The molecular weight excluding hydrogens is 280 g/mol. The van der Waals surface area contributed by atoms with Gasteiger partial charge < -0.3 is 19.3 Å². The molecule has 1 N–H and O–H groups in total. The van der Waals surface area contributed by atoms with Crippen molar-refractivity contribution in [3.63, 3.8) is 0 Å². The molecule has 0 fully saturated rings. The van der Waals surface area contributed by atoms with Gasteiger partial charge in [-0.05, 0) is 31.5 Å². The van der Waals surface area contributed by atoms with Gasteiger partial charge in [-0.1, -0.05) is 24.4 Å². The molecule has 18 heavy (non-hydrogen) atoms. The topological polar surface area (TPSA) is 61.4 Å². The van der Waals surface area contributed by atoms with E-state index in [2.05, 4.69) is 5.32 Å². The van der Waals surface area contributed by atoms with E-state index in [-0.39, 0.29) is 42.3 Å². The second-order valence-electron chi connectivity index (χ2n) is 3.56. The van der Waals surface area contributed by atoms with Gasteiger partial charge in [0.2, 0.25) is 0 Å². The minimum absolute atomic E-state index is 0. The Hall–Kier alpha value is 0.260. The summed E-state index contributed by atoms with van der Waals surface area (Å²) in [7, 11) is -3.75. The van der Waals surface area contributed by atoms with Gasteiger partial charge in [0.15, 0.2) is 0 Å². The molecule has 0 saturated heterocycles. The summed E-state index contributed by atoms with van der Waals surface area (Å²) >= 11 is 4.91. The van der Waals surface area contributed by atoms with E-state index in [1.54, 1.807) is 38.1 Å². The molecule has 0 radical (unpaired) electrons. The van der Waals surface area contributed by atoms with Crippen molar-refractivity contribution < 1.29 is 43.5 Å². The maximum Gasteiger partial charge on any atom is 1.00 e. The van der Waals surface area contributed by atoms with Crippen LogP contribution in [0.15, 0.2) is 24.3 Å². The van der Waals surface area contributed by atoms with Crippen molar-refractivity contribution in [1.29, 1.82) is 0 Å². The molecule has 1 rings (SSSR count). The van der Waals surface area contributed by atoms with Gasteiger partial charge in [0, 0.05) is 11.8 Å². The number of nitrogens with one attached hydrogen (secondary N) is 1. The third-order valence-electron chi connectivity index (χ3n) is 1.98. The van der Waals surface area contributed by atoms with E-state index in [1.165, 1.54) is 0 Å². The maximum atomic E-state index is 11.4. The zero-order valence-electron chi connectivity index (χ0n) is 10.8. The molecule has 0 aromatic heterocycles. The van der Waals surface area contributed by atoms with Gasteiger partial charge in [-0.25, -0.2) is 0 Å². The minimum Gasteiger partial charge on any atom is -0.778 e. The monoisotopic (exact) mass is 295 g/mol. The molecule has 0 saturated carbocycles. The van der Waals surface area contributed by atoms with Crippen LogP contribution in [0.3, 0.4) is 0 Å². The van der Waals surface area contributed by atoms with Crippen molar-refractivity contribution in [1.82, 2.24) is 0 Å². The number of anilines is 1. The van der Waals surface area contributed by atoms with Crippen LogP contribution in [0.2, 0.25) is 0 Å². The van der Waals surface area contributed by atoms with Crippen LogP contribution in [0.4, 0.5) is 5.69 Å². The first-order valence-electron chi connectivity index (χ1n) is 5.24. The van der Waals surface area contributed by atoms with E-state index in [0.717, 1.165) is 5.69 Å². The summed E-state index contributed by atoms with van der Waals surface area (Å²) in [6.07, 6.45) is -0.0856. The van der Waals surface area contributed by atoms with Gasteiger partial charge >= 0.3 is 29.6 Å². The van der Waals surface area contributed by atoms with Crippen LogP contribution in [0.1, 0.15) is 19.4 Å². The van der Waals surface area contributed by atoms with Crippen LogP contribution in [-0.2, 0) is 15.3 Å². The van der Waals surface area contributed by atoms with Gasteiger partial charge in [0.25, 0.3) is 0 Å². The predicted molar refractivity (Wildman–Crippen MR) is 71.3 cm³/mol. The number of rotatable bonds is 5. The molecule has 0 heterocycles. The maximum absolute atomic E-state index is 11.4. The number of thiocarbonyl (C=S) groups is 1. The van der Waals surface area contributed by atoms with Crippen LogP contribution in [-0.4, -0.2) is 11.6 Å². The molecule has 0 amide bonds. The average Bonchev–Trinajstić information content (AvgIpc) is 2.19. The van der Waals surface area contributed by atoms with Gasteiger partial charge in [-0.2, -0.15) is 0 Å². The fourth-order valence-corrected chi connectivity index (χ4v) is 2.62. The second kappa shape index (κ2) is 8.43. The first-order chi connectivity index (χ1) is 7.93. The quantitative estimate of drug-likeness (QED) is 0.452. The Kier molecular flexibility index (Phi) is 8.56. The van der Waals surface area contributed by atoms with E-state index >= 15 is 0 Å². The molecule has 0 aliphatic rings. The summed E-state index contributed by atoms with van der Waals surface area (Å²) in [6, 6.07) is 7.06. The molecule has 0 aliphatic heterocycles. The minimum atomic E-state index is -3.75. The van der Waals surface area contributed by atoms with Gasteiger partial charge in [-0.3, -0.25) is 0 Å². The molecule has 4 nitrogen and oxygen atoms in total. The summed E-state index contributed by atoms with van der Waals surface area (Å²) in [6.45, 7) is 3.61. The molecule has 1 unspecified atom stereocenters. The molecule has 1 aromatic carbocycles. The summed E-state index contributed by atoms with van der Waals surface area (Å²) in [4.78, 5) is 12.1. The third-order valence-corrected chi connectivity index (χ3v) is 3.48. The van der Waals surface area contributed by atoms with Crippen LogP contribution in [0, 0.1) is 0 Å². The van der Waals surface area contributed by atoms with Crippen LogP contribution in [0.5, 0.6) is 0 Å². The molecule has 1 atom stereocenters. The van der Waals surface area contributed by atoms with E-state index < -0.39 is 7.60 Å². The van der Waals surface area contributed by atoms with Gasteiger partial charge in [-0.15, -0.1) is 0 Å². The summed E-state index contributed by atoms with van der Waals surface area (Å²) in [5.74, 6) is 0. The third kappa shape index (κ3) is 7.00. The molecule has 7 heteroatoms. The number of hydrogen-bond acceptors (Lipinski definition) is 4. The Morgan fingerprint density at radius 2 is 2.00 bits per heavy atom. The zero-order valence-corrected chi connectivity index (χ0v) is 14.5. The molecule has 1 aromatic rings. The number of hydrogen-bond donors (Lipinski definition) is 1. The molecule has 0 spiro atoms. The Morgan fingerprint density at radius 1 is 1.44 bits per heavy atom. The fourth-order valence-electron chi connectivity index (χ4n) is 1.36. The number of benzene rings is 1. The van der Waals surface area contributed by atoms with E-state index in [1.807, 2.05) is 0 Å². The SMILES string of the molecule is CCOP(=O)([O-])Cc1ccc(NC(C)=S)cc1.[Na+]. The van der Waals surface area contributed by atoms with Gasteiger partial charge in [0.05, 0.1) is 11.6 Å². The summed E-state index contributed by atoms with van der Waals surface area (Å²) in [5, 5.41) is 2.97. The standard InChI is InChI=1S/C11H16NO3PS.Na/c1-3-15-16(13,14)8-10-4-6-11(7-5-10)12-9(2)17;/h4-7H,3,8H2,1-2H3,(H,12,17)(H,13,14);/q;+1/p-1. The zero-order chi connectivity index (χ0) is 12.9.